The topological polar surface area (TPSA) is 114 Å². The Bertz CT molecular complexity index is 968. The molecule has 9 rings (SSSR count). The number of hydrogen-bond acceptors (Lipinski definition) is 5. The third kappa shape index (κ3) is 3.58. The molecule has 1 aromatic rings. The van der Waals surface area contributed by atoms with E-state index in [0.29, 0.717) is 35.5 Å². The molecule has 0 saturated heterocycles. The Kier molecular flexibility index (Phi) is 4.66. The van der Waals surface area contributed by atoms with Crippen LogP contribution in [0.2, 0.25) is 0 Å². The molecule has 8 fully saturated rings. The van der Waals surface area contributed by atoms with Crippen molar-refractivity contribution in [3.63, 3.8) is 0 Å². The van der Waals surface area contributed by atoms with Gasteiger partial charge < -0.3 is 10.6 Å². The Balaban J connectivity index is 1.12. The number of nitrogens with one attached hydrogen (secondary N) is 2. The van der Waals surface area contributed by atoms with Gasteiger partial charge >= 0.3 is 0 Å². The molecule has 0 unspecified atom stereocenters. The van der Waals surface area contributed by atoms with Gasteiger partial charge in [-0.15, -0.1) is 0 Å². The third-order valence-corrected chi connectivity index (χ3v) is 10.5. The predicted octanol–water partition coefficient (Wildman–Crippen LogP) is 5.30. The number of carbonyl (C=O) groups excluding carboxylic acids is 2. The average molecular weight is 479 g/mol. The highest BCUT2D eigenvalue weighted by atomic mass is 16.6. The van der Waals surface area contributed by atoms with Gasteiger partial charge in [0.2, 0.25) is 11.8 Å². The molecule has 8 aliphatic rings. The summed E-state index contributed by atoms with van der Waals surface area (Å²) in [6.45, 7) is 0. The Morgan fingerprint density at radius 2 is 1.03 bits per heavy atom. The molecule has 8 heteroatoms. The number of rotatable bonds is 5. The van der Waals surface area contributed by atoms with Crippen molar-refractivity contribution in [3.05, 3.63) is 22.2 Å². The van der Waals surface area contributed by atoms with Gasteiger partial charge in [0.1, 0.15) is 11.6 Å². The second-order valence-corrected chi connectivity index (χ2v) is 13.2. The van der Waals surface area contributed by atoms with Gasteiger partial charge in [-0.25, -0.2) is 4.98 Å². The minimum Gasteiger partial charge on any atom is -0.310 e. The van der Waals surface area contributed by atoms with Gasteiger partial charge in [0.05, 0.1) is 27.9 Å². The molecule has 2 amide bonds. The van der Waals surface area contributed by atoms with Gasteiger partial charge in [-0.2, -0.15) is 0 Å². The molecule has 1 heterocycles. The minimum atomic E-state index is -0.484. The van der Waals surface area contributed by atoms with Crippen LogP contribution in [-0.4, -0.2) is 21.7 Å². The van der Waals surface area contributed by atoms with Crippen LogP contribution in [0.5, 0.6) is 0 Å². The molecule has 0 atom stereocenters. The first-order valence-corrected chi connectivity index (χ1v) is 13.6. The molecule has 8 saturated carbocycles. The van der Waals surface area contributed by atoms with Crippen LogP contribution in [0.15, 0.2) is 12.1 Å². The highest BCUT2D eigenvalue weighted by Crippen LogP contribution is 2.61. The Morgan fingerprint density at radius 1 is 0.714 bits per heavy atom. The molecule has 0 aliphatic heterocycles. The summed E-state index contributed by atoms with van der Waals surface area (Å²) in [6.07, 6.45) is 12.9. The van der Waals surface area contributed by atoms with E-state index in [1.165, 1.54) is 50.7 Å². The van der Waals surface area contributed by atoms with Gasteiger partial charge in [-0.1, -0.05) is 0 Å². The first-order valence-electron chi connectivity index (χ1n) is 13.6. The molecule has 2 N–H and O–H groups in total. The van der Waals surface area contributed by atoms with Crippen LogP contribution in [0.25, 0.3) is 0 Å². The highest BCUT2D eigenvalue weighted by Gasteiger charge is 2.56. The van der Waals surface area contributed by atoms with E-state index in [2.05, 4.69) is 15.6 Å². The summed E-state index contributed by atoms with van der Waals surface area (Å²) in [7, 11) is 0. The van der Waals surface area contributed by atoms with Crippen LogP contribution in [0.3, 0.4) is 0 Å². The third-order valence-electron chi connectivity index (χ3n) is 10.5. The van der Waals surface area contributed by atoms with Gasteiger partial charge in [0.25, 0.3) is 5.69 Å². The lowest BCUT2D eigenvalue weighted by Gasteiger charge is -2.55. The highest BCUT2D eigenvalue weighted by molar-refractivity contribution is 5.97. The van der Waals surface area contributed by atoms with E-state index in [1.807, 2.05) is 0 Å². The summed E-state index contributed by atoms with van der Waals surface area (Å²) in [5, 5.41) is 17.5. The largest absolute Gasteiger partial charge is 0.310 e. The van der Waals surface area contributed by atoms with Gasteiger partial charge in [-0.3, -0.25) is 19.7 Å². The van der Waals surface area contributed by atoms with E-state index in [-0.39, 0.29) is 40.0 Å². The Hall–Kier alpha value is -2.51. The second-order valence-electron chi connectivity index (χ2n) is 13.2. The van der Waals surface area contributed by atoms with Crippen LogP contribution < -0.4 is 10.6 Å². The zero-order valence-electron chi connectivity index (χ0n) is 20.1. The molecule has 186 valence electrons. The smallest absolute Gasteiger partial charge is 0.276 e. The maximum absolute atomic E-state index is 13.5. The number of anilines is 2. The number of pyridine rings is 1. The fourth-order valence-corrected chi connectivity index (χ4v) is 10.0. The molecule has 8 nitrogen and oxygen atoms in total. The van der Waals surface area contributed by atoms with Gasteiger partial charge in [0, 0.05) is 0 Å². The van der Waals surface area contributed by atoms with E-state index >= 15 is 0 Å². The van der Waals surface area contributed by atoms with Crippen LogP contribution >= 0.6 is 0 Å². The van der Waals surface area contributed by atoms with Crippen LogP contribution in [-0.2, 0) is 9.59 Å². The lowest BCUT2D eigenvalue weighted by Crippen LogP contribution is -2.52. The maximum Gasteiger partial charge on any atom is 0.276 e. The number of nitro groups is 1. The van der Waals surface area contributed by atoms with E-state index < -0.39 is 4.92 Å². The molecular formula is C27H34N4O4. The molecule has 8 aliphatic carbocycles. The number of hydrogen-bond donors (Lipinski definition) is 2. The van der Waals surface area contributed by atoms with Crippen molar-refractivity contribution in [1.82, 2.24) is 4.98 Å². The van der Waals surface area contributed by atoms with Crippen LogP contribution in [0, 0.1) is 56.5 Å². The van der Waals surface area contributed by atoms with Gasteiger partial charge in [-0.05, 0) is 113 Å². The van der Waals surface area contributed by atoms with Crippen molar-refractivity contribution in [3.8, 4) is 0 Å². The van der Waals surface area contributed by atoms with Crippen molar-refractivity contribution in [2.45, 2.75) is 77.0 Å². The second kappa shape index (κ2) is 7.50. The fourth-order valence-electron chi connectivity index (χ4n) is 10.0. The molecule has 8 bridgehead atoms. The molecule has 0 radical (unpaired) electrons. The summed E-state index contributed by atoms with van der Waals surface area (Å²) in [6, 6.07) is 2.64. The summed E-state index contributed by atoms with van der Waals surface area (Å²) >= 11 is 0. The zero-order valence-corrected chi connectivity index (χ0v) is 20.1. The monoisotopic (exact) mass is 478 g/mol. The fraction of sp³-hybridized carbons (Fsp3) is 0.741. The van der Waals surface area contributed by atoms with Crippen molar-refractivity contribution in [2.75, 3.05) is 10.6 Å². The lowest BCUT2D eigenvalue weighted by molar-refractivity contribution is -0.384. The standard InChI is InChI=1S/C27H34N4O4/c32-24(26-9-15-1-16(10-26)3-17(2-15)11-26)29-22-7-21(31(34)35)8-23(28-22)30-25(33)27-12-18-4-19(13-27)6-20(5-18)14-27/h7-8,15-20H,1-6,9-14H2,(H2,28,29,30,32,33). The molecule has 35 heavy (non-hydrogen) atoms. The molecule has 0 aromatic carbocycles. The summed E-state index contributed by atoms with van der Waals surface area (Å²) in [5.74, 6) is 3.98. The number of nitrogens with zero attached hydrogens (tertiary/aromatic N) is 2. The molecule has 1 aromatic heterocycles. The van der Waals surface area contributed by atoms with Gasteiger partial charge in [0.15, 0.2) is 0 Å². The van der Waals surface area contributed by atoms with Crippen molar-refractivity contribution in [1.29, 1.82) is 0 Å². The summed E-state index contributed by atoms with van der Waals surface area (Å²) in [5.41, 5.74) is -0.908. The quantitative estimate of drug-likeness (QED) is 0.440. The Morgan fingerprint density at radius 3 is 1.31 bits per heavy atom. The first kappa shape index (κ1) is 21.7. The van der Waals surface area contributed by atoms with Crippen molar-refractivity contribution < 1.29 is 14.5 Å². The summed E-state index contributed by atoms with van der Waals surface area (Å²) in [4.78, 5) is 42.7. The van der Waals surface area contributed by atoms with Crippen molar-refractivity contribution in [2.24, 2.45) is 46.3 Å². The normalized spacial score (nSPS) is 42.2. The first-order chi connectivity index (χ1) is 16.8. The van der Waals surface area contributed by atoms with E-state index in [1.54, 1.807) is 0 Å². The average Bonchev–Trinajstić information content (AvgIpc) is 2.77. The predicted molar refractivity (Wildman–Crippen MR) is 129 cm³/mol. The van der Waals surface area contributed by atoms with E-state index in [4.69, 9.17) is 0 Å². The van der Waals surface area contributed by atoms with Crippen LogP contribution in [0.1, 0.15) is 77.0 Å². The SMILES string of the molecule is O=C(Nc1cc([N+](=O)[O-])cc(NC(=O)C23CC4CC(CC(C4)C2)C3)n1)C12CC3CC(CC(C3)C1)C2. The Labute approximate surface area is 205 Å². The van der Waals surface area contributed by atoms with E-state index in [0.717, 1.165) is 38.5 Å². The maximum atomic E-state index is 13.5. The van der Waals surface area contributed by atoms with E-state index in [9.17, 15) is 19.7 Å². The number of carbonyl (C=O) groups is 2. The lowest BCUT2D eigenvalue weighted by atomic mass is 9.49. The minimum absolute atomic E-state index is 0.0528. The molecular weight excluding hydrogens is 444 g/mol. The zero-order chi connectivity index (χ0) is 23.9. The van der Waals surface area contributed by atoms with Crippen molar-refractivity contribution >= 4 is 29.1 Å². The van der Waals surface area contributed by atoms with Crippen LogP contribution in [0.4, 0.5) is 17.3 Å². The number of amides is 2. The number of aromatic nitrogens is 1. The molecule has 0 spiro atoms. The summed E-state index contributed by atoms with van der Waals surface area (Å²) < 4.78 is 0.